The molecule has 0 unspecified atom stereocenters. The summed E-state index contributed by atoms with van der Waals surface area (Å²) in [7, 11) is 0. The molecule has 4 N–H and O–H groups in total. The quantitative estimate of drug-likeness (QED) is 0.440. The number of aromatic nitrogens is 2. The van der Waals surface area contributed by atoms with E-state index in [1.807, 2.05) is 0 Å². The van der Waals surface area contributed by atoms with E-state index >= 15 is 0 Å². The van der Waals surface area contributed by atoms with E-state index in [9.17, 15) is 14.9 Å². The third-order valence-electron chi connectivity index (χ3n) is 2.76. The molecule has 0 aliphatic carbocycles. The third-order valence-corrected chi connectivity index (χ3v) is 2.76. The van der Waals surface area contributed by atoms with Gasteiger partial charge in [-0.05, 0) is 32.0 Å². The molecule has 0 atom stereocenters. The van der Waals surface area contributed by atoms with E-state index in [4.69, 9.17) is 5.73 Å². The maximum Gasteiger partial charge on any atom is 0.292 e. The van der Waals surface area contributed by atoms with Crippen LogP contribution in [0.1, 0.15) is 21.7 Å². The van der Waals surface area contributed by atoms with Crippen LogP contribution < -0.4 is 16.6 Å². The van der Waals surface area contributed by atoms with Crippen LogP contribution in [0.4, 0.5) is 17.3 Å². The number of hydrogen-bond donors (Lipinski definition) is 3. The number of amides is 1. The first-order valence-electron chi connectivity index (χ1n) is 6.29. The molecule has 2 rings (SSSR count). The number of nitro benzene ring substituents is 1. The van der Waals surface area contributed by atoms with E-state index in [2.05, 4.69) is 20.8 Å². The number of carbonyl (C=O) groups excluding carboxylic acids is 1. The lowest BCUT2D eigenvalue weighted by atomic mass is 10.1. The van der Waals surface area contributed by atoms with E-state index in [1.165, 1.54) is 12.1 Å². The monoisotopic (exact) mass is 302 g/mol. The predicted octanol–water partition coefficient (Wildman–Crippen LogP) is 1.34. The van der Waals surface area contributed by atoms with Gasteiger partial charge in [-0.3, -0.25) is 25.8 Å². The van der Waals surface area contributed by atoms with Gasteiger partial charge in [0.25, 0.3) is 11.6 Å². The highest BCUT2D eigenvalue weighted by molar-refractivity contribution is 5.96. The Labute approximate surface area is 125 Å². The van der Waals surface area contributed by atoms with Crippen molar-refractivity contribution in [1.29, 1.82) is 0 Å². The molecule has 22 heavy (non-hydrogen) atoms. The third kappa shape index (κ3) is 3.45. The second kappa shape index (κ2) is 6.04. The molecule has 1 heterocycles. The number of benzene rings is 1. The smallest absolute Gasteiger partial charge is 0.292 e. The van der Waals surface area contributed by atoms with Gasteiger partial charge in [-0.2, -0.15) is 0 Å². The van der Waals surface area contributed by atoms with Crippen LogP contribution in [0.5, 0.6) is 0 Å². The number of nitrogen functional groups attached to an aromatic ring is 1. The zero-order valence-corrected chi connectivity index (χ0v) is 12.0. The summed E-state index contributed by atoms with van der Waals surface area (Å²) in [5.41, 5.74) is 11.7. The van der Waals surface area contributed by atoms with Crippen molar-refractivity contribution in [1.82, 2.24) is 15.4 Å². The lowest BCUT2D eigenvalue weighted by Crippen LogP contribution is -2.30. The van der Waals surface area contributed by atoms with Crippen molar-refractivity contribution in [3.63, 3.8) is 0 Å². The van der Waals surface area contributed by atoms with Gasteiger partial charge in [-0.1, -0.05) is 0 Å². The Morgan fingerprint density at radius 3 is 2.45 bits per heavy atom. The minimum atomic E-state index is -0.646. The molecule has 9 nitrogen and oxygen atoms in total. The van der Waals surface area contributed by atoms with Gasteiger partial charge in [0.2, 0.25) is 5.95 Å². The number of aryl methyl sites for hydroxylation is 2. The molecule has 0 spiro atoms. The molecule has 2 aromatic rings. The lowest BCUT2D eigenvalue weighted by Gasteiger charge is -2.08. The van der Waals surface area contributed by atoms with Crippen molar-refractivity contribution >= 4 is 23.2 Å². The lowest BCUT2D eigenvalue weighted by molar-refractivity contribution is -0.383. The summed E-state index contributed by atoms with van der Waals surface area (Å²) < 4.78 is 0. The van der Waals surface area contributed by atoms with Crippen molar-refractivity contribution in [2.45, 2.75) is 13.8 Å². The van der Waals surface area contributed by atoms with Crippen LogP contribution in [-0.4, -0.2) is 20.8 Å². The van der Waals surface area contributed by atoms with Gasteiger partial charge in [0.05, 0.1) is 4.92 Å². The molecule has 9 heteroatoms. The SMILES string of the molecule is Cc1cc(C)nc(NNC(=O)c2ccc(N)c([N+](=O)[O-])c2)n1. The molecule has 1 amide bonds. The predicted molar refractivity (Wildman–Crippen MR) is 80.1 cm³/mol. The van der Waals surface area contributed by atoms with E-state index in [-0.39, 0.29) is 22.9 Å². The van der Waals surface area contributed by atoms with Gasteiger partial charge in [-0.15, -0.1) is 0 Å². The summed E-state index contributed by atoms with van der Waals surface area (Å²) >= 11 is 0. The highest BCUT2D eigenvalue weighted by Crippen LogP contribution is 2.22. The van der Waals surface area contributed by atoms with Crippen LogP contribution in [0.3, 0.4) is 0 Å². The fraction of sp³-hybridized carbons (Fsp3) is 0.154. The summed E-state index contributed by atoms with van der Waals surface area (Å²) in [6, 6.07) is 5.59. The number of carbonyl (C=O) groups is 1. The van der Waals surface area contributed by atoms with Gasteiger partial charge in [0, 0.05) is 23.0 Å². The van der Waals surface area contributed by atoms with E-state index in [0.29, 0.717) is 0 Å². The summed E-state index contributed by atoms with van der Waals surface area (Å²) in [4.78, 5) is 30.3. The molecule has 1 aromatic carbocycles. The van der Waals surface area contributed by atoms with Crippen molar-refractivity contribution in [3.8, 4) is 0 Å². The van der Waals surface area contributed by atoms with Crippen molar-refractivity contribution in [2.24, 2.45) is 0 Å². The summed E-state index contributed by atoms with van der Waals surface area (Å²) in [5.74, 6) is -0.332. The number of hydrogen-bond acceptors (Lipinski definition) is 7. The van der Waals surface area contributed by atoms with Crippen molar-refractivity contribution in [3.05, 3.63) is 51.3 Å². The maximum absolute atomic E-state index is 12.0. The van der Waals surface area contributed by atoms with Crippen LogP contribution in [0.15, 0.2) is 24.3 Å². The van der Waals surface area contributed by atoms with E-state index in [1.54, 1.807) is 19.9 Å². The number of anilines is 2. The van der Waals surface area contributed by atoms with Crippen LogP contribution in [0, 0.1) is 24.0 Å². The average Bonchev–Trinajstić information content (AvgIpc) is 2.44. The molecular formula is C13H14N6O3. The van der Waals surface area contributed by atoms with Gasteiger partial charge in [0.1, 0.15) is 5.69 Å². The normalized spacial score (nSPS) is 10.1. The molecule has 0 saturated heterocycles. The fourth-order valence-electron chi connectivity index (χ4n) is 1.81. The highest BCUT2D eigenvalue weighted by Gasteiger charge is 2.15. The topological polar surface area (TPSA) is 136 Å². The molecule has 0 bridgehead atoms. The first-order valence-corrected chi connectivity index (χ1v) is 6.29. The molecule has 0 fully saturated rings. The first kappa shape index (κ1) is 15.2. The second-order valence-electron chi connectivity index (χ2n) is 4.58. The van der Waals surface area contributed by atoms with Gasteiger partial charge in [0.15, 0.2) is 0 Å². The van der Waals surface area contributed by atoms with Crippen LogP contribution in [0.2, 0.25) is 0 Å². The molecule has 114 valence electrons. The Balaban J connectivity index is 2.12. The van der Waals surface area contributed by atoms with Crippen LogP contribution in [0.25, 0.3) is 0 Å². The Bertz CT molecular complexity index is 726. The van der Waals surface area contributed by atoms with E-state index in [0.717, 1.165) is 17.5 Å². The number of nitro groups is 1. The number of nitrogens with one attached hydrogen (secondary N) is 2. The first-order chi connectivity index (χ1) is 10.4. The molecule has 0 saturated carbocycles. The zero-order valence-electron chi connectivity index (χ0n) is 12.0. The Kier molecular flexibility index (Phi) is 4.16. The fourth-order valence-corrected chi connectivity index (χ4v) is 1.81. The highest BCUT2D eigenvalue weighted by atomic mass is 16.6. The van der Waals surface area contributed by atoms with Gasteiger partial charge < -0.3 is 5.73 Å². The molecule has 0 aliphatic rings. The minimum Gasteiger partial charge on any atom is -0.393 e. The Hall–Kier alpha value is -3.23. The second-order valence-corrected chi connectivity index (χ2v) is 4.58. The largest absolute Gasteiger partial charge is 0.393 e. The summed E-state index contributed by atoms with van der Waals surface area (Å²) in [5, 5.41) is 10.8. The van der Waals surface area contributed by atoms with Crippen LogP contribution in [-0.2, 0) is 0 Å². The molecule has 1 aromatic heterocycles. The maximum atomic E-state index is 12.0. The Morgan fingerprint density at radius 1 is 1.23 bits per heavy atom. The summed E-state index contributed by atoms with van der Waals surface area (Å²) in [6.07, 6.45) is 0. The van der Waals surface area contributed by atoms with E-state index < -0.39 is 10.8 Å². The van der Waals surface area contributed by atoms with Crippen LogP contribution >= 0.6 is 0 Å². The van der Waals surface area contributed by atoms with Crippen molar-refractivity contribution < 1.29 is 9.72 Å². The number of rotatable bonds is 4. The minimum absolute atomic E-state index is 0.00727. The molecule has 0 radical (unpaired) electrons. The average molecular weight is 302 g/mol. The number of hydrazine groups is 1. The molecular weight excluding hydrogens is 288 g/mol. The number of nitrogens with zero attached hydrogens (tertiary/aromatic N) is 3. The van der Waals surface area contributed by atoms with Gasteiger partial charge >= 0.3 is 0 Å². The summed E-state index contributed by atoms with van der Waals surface area (Å²) in [6.45, 7) is 3.59. The molecule has 0 aliphatic heterocycles. The zero-order chi connectivity index (χ0) is 16.3. The Morgan fingerprint density at radius 2 is 1.86 bits per heavy atom. The number of nitrogens with two attached hydrogens (primary N) is 1. The van der Waals surface area contributed by atoms with Gasteiger partial charge in [-0.25, -0.2) is 9.97 Å². The standard InChI is InChI=1S/C13H14N6O3/c1-7-5-8(2)16-13(15-7)18-17-12(20)9-3-4-10(14)11(6-9)19(21)22/h3-6H,14H2,1-2H3,(H,17,20)(H,15,16,18). The van der Waals surface area contributed by atoms with Crippen molar-refractivity contribution in [2.75, 3.05) is 11.2 Å².